The van der Waals surface area contributed by atoms with E-state index in [0.29, 0.717) is 28.3 Å². The molecule has 4 N–H and O–H groups in total. The molecular weight excluding hydrogens is 420 g/mol. The van der Waals surface area contributed by atoms with E-state index in [9.17, 15) is 14.4 Å². The molecule has 0 bridgehead atoms. The average Bonchev–Trinajstić information content (AvgIpc) is 3.29. The number of carbonyl (C=O) groups excluding carboxylic acids is 3. The van der Waals surface area contributed by atoms with Crippen molar-refractivity contribution in [2.45, 2.75) is 32.9 Å². The Morgan fingerprint density at radius 1 is 0.848 bits per heavy atom. The first-order chi connectivity index (χ1) is 15.7. The molecule has 0 fully saturated rings. The minimum absolute atomic E-state index is 0.000733. The summed E-state index contributed by atoms with van der Waals surface area (Å²) in [6.45, 7) is 6.01. The second-order valence-corrected chi connectivity index (χ2v) is 8.53. The average molecular weight is 449 g/mol. The zero-order valence-corrected chi connectivity index (χ0v) is 18.9. The number of benzene rings is 2. The van der Waals surface area contributed by atoms with Crippen LogP contribution in [-0.4, -0.2) is 29.8 Å². The second-order valence-electron chi connectivity index (χ2n) is 8.53. The maximum atomic E-state index is 12.4. The predicted molar refractivity (Wildman–Crippen MR) is 127 cm³/mol. The molecule has 3 rings (SSSR count). The molecule has 0 radical (unpaired) electrons. The number of hydrogen-bond acceptors (Lipinski definition) is 5. The minimum atomic E-state index is -0.343. The molecule has 0 saturated carbocycles. The Bertz CT molecular complexity index is 1120. The number of carbonyl (C=O) groups is 3. The molecule has 172 valence electrons. The molecule has 3 aromatic rings. The van der Waals surface area contributed by atoms with Crippen LogP contribution < -0.4 is 21.3 Å². The summed E-state index contributed by atoms with van der Waals surface area (Å²) in [6.07, 6.45) is 1.54. The lowest BCUT2D eigenvalue weighted by molar-refractivity contribution is -0.114. The summed E-state index contributed by atoms with van der Waals surface area (Å²) in [5.41, 5.74) is 1.74. The van der Waals surface area contributed by atoms with Gasteiger partial charge in [-0.05, 0) is 69.3 Å². The van der Waals surface area contributed by atoms with E-state index in [0.717, 1.165) is 0 Å². The second kappa shape index (κ2) is 10.5. The van der Waals surface area contributed by atoms with E-state index in [1.807, 2.05) is 20.8 Å². The summed E-state index contributed by atoms with van der Waals surface area (Å²) in [6, 6.07) is 17.1. The first-order valence-electron chi connectivity index (χ1n) is 10.6. The molecule has 0 spiro atoms. The Balaban J connectivity index is 1.53. The van der Waals surface area contributed by atoms with Crippen molar-refractivity contribution in [1.29, 1.82) is 0 Å². The maximum Gasteiger partial charge on any atom is 0.251 e. The smallest absolute Gasteiger partial charge is 0.251 e. The van der Waals surface area contributed by atoms with Gasteiger partial charge in [-0.15, -0.1) is 0 Å². The van der Waals surface area contributed by atoms with Crippen molar-refractivity contribution < 1.29 is 18.8 Å². The topological polar surface area (TPSA) is 112 Å². The molecule has 1 aromatic heterocycles. The van der Waals surface area contributed by atoms with Gasteiger partial charge in [0, 0.05) is 28.0 Å². The molecule has 2 aromatic carbocycles. The molecule has 3 amide bonds. The van der Waals surface area contributed by atoms with Crippen LogP contribution in [0.4, 0.5) is 11.4 Å². The molecular formula is C25H28N4O4. The summed E-state index contributed by atoms with van der Waals surface area (Å²) in [4.78, 5) is 37.1. The summed E-state index contributed by atoms with van der Waals surface area (Å²) in [7, 11) is 0. The van der Waals surface area contributed by atoms with Crippen LogP contribution in [0.2, 0.25) is 0 Å². The largest absolute Gasteiger partial charge is 0.467 e. The maximum absolute atomic E-state index is 12.4. The van der Waals surface area contributed by atoms with Gasteiger partial charge in [-0.25, -0.2) is 0 Å². The van der Waals surface area contributed by atoms with Crippen molar-refractivity contribution in [2.75, 3.05) is 17.2 Å². The molecule has 0 aliphatic rings. The fourth-order valence-electron chi connectivity index (χ4n) is 2.99. The summed E-state index contributed by atoms with van der Waals surface area (Å²) < 4.78 is 5.20. The van der Waals surface area contributed by atoms with Gasteiger partial charge in [0.25, 0.3) is 11.8 Å². The standard InChI is InChI=1S/C25H28N4O4/c1-25(2,3)29-24(32)18-8-4-9-19(13-18)26-16-22(30)28-20-10-5-7-17(14-20)23(31)27-15-21-11-6-12-33-21/h4-14,26H,15-16H2,1-3H3,(H,27,31)(H,28,30)(H,29,32). The van der Waals surface area contributed by atoms with E-state index in [2.05, 4.69) is 21.3 Å². The normalized spacial score (nSPS) is 10.9. The zero-order chi connectivity index (χ0) is 23.8. The molecule has 0 aliphatic heterocycles. The van der Waals surface area contributed by atoms with Gasteiger partial charge in [-0.1, -0.05) is 12.1 Å². The van der Waals surface area contributed by atoms with E-state index >= 15 is 0 Å². The fraction of sp³-hybridized carbons (Fsp3) is 0.240. The Kier molecular flexibility index (Phi) is 7.50. The van der Waals surface area contributed by atoms with Gasteiger partial charge in [-0.2, -0.15) is 0 Å². The van der Waals surface area contributed by atoms with Gasteiger partial charge in [0.05, 0.1) is 19.4 Å². The Labute approximate surface area is 192 Å². The molecule has 0 atom stereocenters. The van der Waals surface area contributed by atoms with E-state index in [4.69, 9.17) is 4.42 Å². The lowest BCUT2D eigenvalue weighted by atomic mass is 10.1. The number of amides is 3. The SMILES string of the molecule is CC(C)(C)NC(=O)c1cccc(NCC(=O)Nc2cccc(C(=O)NCc3ccco3)c2)c1. The summed E-state index contributed by atoms with van der Waals surface area (Å²) >= 11 is 0. The Morgan fingerprint density at radius 2 is 1.52 bits per heavy atom. The van der Waals surface area contributed by atoms with Gasteiger partial charge in [0.1, 0.15) is 5.76 Å². The highest BCUT2D eigenvalue weighted by molar-refractivity contribution is 5.98. The number of nitrogens with one attached hydrogen (secondary N) is 4. The van der Waals surface area contributed by atoms with Crippen LogP contribution in [0.5, 0.6) is 0 Å². The van der Waals surface area contributed by atoms with Gasteiger partial charge < -0.3 is 25.7 Å². The first kappa shape index (κ1) is 23.6. The highest BCUT2D eigenvalue weighted by Crippen LogP contribution is 2.14. The first-order valence-corrected chi connectivity index (χ1v) is 10.6. The van der Waals surface area contributed by atoms with Gasteiger partial charge in [0.15, 0.2) is 0 Å². The van der Waals surface area contributed by atoms with E-state index in [-0.39, 0.29) is 36.3 Å². The molecule has 0 aliphatic carbocycles. The van der Waals surface area contributed by atoms with Crippen LogP contribution >= 0.6 is 0 Å². The van der Waals surface area contributed by atoms with Crippen molar-refractivity contribution >= 4 is 29.1 Å². The number of furan rings is 1. The van der Waals surface area contributed by atoms with Crippen LogP contribution in [0, 0.1) is 0 Å². The molecule has 0 saturated heterocycles. The Morgan fingerprint density at radius 3 is 2.18 bits per heavy atom. The van der Waals surface area contributed by atoms with Crippen molar-refractivity contribution in [1.82, 2.24) is 10.6 Å². The molecule has 8 heteroatoms. The molecule has 33 heavy (non-hydrogen) atoms. The van der Waals surface area contributed by atoms with Crippen molar-refractivity contribution in [3.05, 3.63) is 83.8 Å². The number of hydrogen-bond donors (Lipinski definition) is 4. The van der Waals surface area contributed by atoms with Crippen molar-refractivity contribution in [3.63, 3.8) is 0 Å². The van der Waals surface area contributed by atoms with Crippen LogP contribution in [0.15, 0.2) is 71.3 Å². The van der Waals surface area contributed by atoms with Crippen LogP contribution in [0.3, 0.4) is 0 Å². The van der Waals surface area contributed by atoms with Gasteiger partial charge in [0.2, 0.25) is 5.91 Å². The molecule has 1 heterocycles. The van der Waals surface area contributed by atoms with Gasteiger partial charge >= 0.3 is 0 Å². The van der Waals surface area contributed by atoms with Crippen LogP contribution in [0.1, 0.15) is 47.2 Å². The summed E-state index contributed by atoms with van der Waals surface area (Å²) in [5.74, 6) is -0.0877. The molecule has 8 nitrogen and oxygen atoms in total. The van der Waals surface area contributed by atoms with Crippen LogP contribution in [-0.2, 0) is 11.3 Å². The highest BCUT2D eigenvalue weighted by Gasteiger charge is 2.15. The molecule has 0 unspecified atom stereocenters. The predicted octanol–water partition coefficient (Wildman–Crippen LogP) is 3.79. The van der Waals surface area contributed by atoms with Crippen molar-refractivity contribution in [2.24, 2.45) is 0 Å². The third kappa shape index (κ3) is 7.53. The Hall–Kier alpha value is -4.07. The third-order valence-electron chi connectivity index (χ3n) is 4.48. The van der Waals surface area contributed by atoms with E-state index in [1.54, 1.807) is 66.9 Å². The monoisotopic (exact) mass is 448 g/mol. The van der Waals surface area contributed by atoms with E-state index in [1.165, 1.54) is 0 Å². The number of anilines is 2. The van der Waals surface area contributed by atoms with E-state index < -0.39 is 0 Å². The minimum Gasteiger partial charge on any atom is -0.467 e. The zero-order valence-electron chi connectivity index (χ0n) is 18.9. The quantitative estimate of drug-likeness (QED) is 0.419. The lowest BCUT2D eigenvalue weighted by Crippen LogP contribution is -2.40. The summed E-state index contributed by atoms with van der Waals surface area (Å²) in [5, 5.41) is 11.5. The lowest BCUT2D eigenvalue weighted by Gasteiger charge is -2.20. The van der Waals surface area contributed by atoms with Crippen LogP contribution in [0.25, 0.3) is 0 Å². The third-order valence-corrected chi connectivity index (χ3v) is 4.48. The van der Waals surface area contributed by atoms with Gasteiger partial charge in [-0.3, -0.25) is 14.4 Å². The fourth-order valence-corrected chi connectivity index (χ4v) is 2.99. The number of rotatable bonds is 8. The highest BCUT2D eigenvalue weighted by atomic mass is 16.3. The van der Waals surface area contributed by atoms with Crippen molar-refractivity contribution in [3.8, 4) is 0 Å².